The first-order valence-corrected chi connectivity index (χ1v) is 12.1. The third-order valence-electron chi connectivity index (χ3n) is 7.51. The standard InChI is InChI=1S/C22H29N3O5S/c1-12-11-31-21(23-12)24-18(27)10-30-19(28)17-5-16(26)9-25(17)20(29)22-6-13-2-14(7-22)4-15(3-13)8-22/h11,13-17,26H,2-10H2,1H3,(H,23,24,27)/t13?,14?,15?,16?,17-,22?/m0/s1. The highest BCUT2D eigenvalue weighted by molar-refractivity contribution is 7.13. The number of thiazole rings is 1. The lowest BCUT2D eigenvalue weighted by Crippen LogP contribution is -2.56. The lowest BCUT2D eigenvalue weighted by atomic mass is 9.49. The number of amides is 2. The Morgan fingerprint density at radius 2 is 1.84 bits per heavy atom. The number of carbonyl (C=O) groups excluding carboxylic acids is 3. The van der Waals surface area contributed by atoms with Gasteiger partial charge in [0.1, 0.15) is 6.04 Å². The van der Waals surface area contributed by atoms with Gasteiger partial charge in [-0.3, -0.25) is 14.9 Å². The van der Waals surface area contributed by atoms with Crippen LogP contribution < -0.4 is 5.32 Å². The molecule has 2 heterocycles. The highest BCUT2D eigenvalue weighted by Gasteiger charge is 2.57. The third-order valence-corrected chi connectivity index (χ3v) is 8.39. The van der Waals surface area contributed by atoms with E-state index in [9.17, 15) is 19.5 Å². The molecule has 0 spiro atoms. The van der Waals surface area contributed by atoms with E-state index in [1.165, 1.54) is 30.6 Å². The van der Waals surface area contributed by atoms with E-state index in [1.54, 1.807) is 4.90 Å². The number of aliphatic hydroxyl groups excluding tert-OH is 1. The quantitative estimate of drug-likeness (QED) is 0.669. The summed E-state index contributed by atoms with van der Waals surface area (Å²) in [6, 6.07) is -0.828. The number of rotatable bonds is 5. The molecule has 0 radical (unpaired) electrons. The maximum atomic E-state index is 13.7. The molecular weight excluding hydrogens is 418 g/mol. The van der Waals surface area contributed by atoms with Gasteiger partial charge in [0, 0.05) is 18.3 Å². The highest BCUT2D eigenvalue weighted by atomic mass is 32.1. The predicted molar refractivity (Wildman–Crippen MR) is 113 cm³/mol. The summed E-state index contributed by atoms with van der Waals surface area (Å²) in [6.07, 6.45) is 5.81. The number of likely N-dealkylation sites (tertiary alicyclic amines) is 1. The van der Waals surface area contributed by atoms with E-state index in [-0.39, 0.29) is 24.3 Å². The zero-order valence-electron chi connectivity index (χ0n) is 17.7. The molecule has 9 heteroatoms. The Hall–Kier alpha value is -2.00. The van der Waals surface area contributed by atoms with Crippen molar-refractivity contribution in [2.24, 2.45) is 23.2 Å². The monoisotopic (exact) mass is 447 g/mol. The fraction of sp³-hybridized carbons (Fsp3) is 0.727. The predicted octanol–water partition coefficient (Wildman–Crippen LogP) is 2.11. The molecule has 4 aliphatic carbocycles. The molecule has 4 saturated carbocycles. The van der Waals surface area contributed by atoms with Crippen LogP contribution in [0.5, 0.6) is 0 Å². The molecule has 168 valence electrons. The number of nitrogens with zero attached hydrogens (tertiary/aromatic N) is 2. The Bertz CT molecular complexity index is 864. The summed E-state index contributed by atoms with van der Waals surface area (Å²) in [5.74, 6) is 0.761. The summed E-state index contributed by atoms with van der Waals surface area (Å²) in [5.41, 5.74) is 0.424. The summed E-state index contributed by atoms with van der Waals surface area (Å²) >= 11 is 1.30. The molecule has 6 rings (SSSR count). The van der Waals surface area contributed by atoms with Gasteiger partial charge in [-0.25, -0.2) is 9.78 Å². The van der Waals surface area contributed by atoms with Gasteiger partial charge >= 0.3 is 5.97 Å². The van der Waals surface area contributed by atoms with Gasteiger partial charge in [0.25, 0.3) is 5.91 Å². The van der Waals surface area contributed by atoms with Crippen LogP contribution in [0.4, 0.5) is 5.13 Å². The first-order valence-electron chi connectivity index (χ1n) is 11.2. The summed E-state index contributed by atoms with van der Waals surface area (Å²) in [6.45, 7) is 1.54. The number of carbonyl (C=O) groups is 3. The van der Waals surface area contributed by atoms with Crippen molar-refractivity contribution in [3.8, 4) is 0 Å². The first kappa shape index (κ1) is 20.9. The molecule has 2 atom stereocenters. The van der Waals surface area contributed by atoms with Crippen molar-refractivity contribution in [3.05, 3.63) is 11.1 Å². The molecule has 5 fully saturated rings. The number of hydrogen-bond donors (Lipinski definition) is 2. The van der Waals surface area contributed by atoms with Gasteiger partial charge in [-0.1, -0.05) is 0 Å². The van der Waals surface area contributed by atoms with E-state index in [2.05, 4.69) is 10.3 Å². The minimum absolute atomic E-state index is 0.00723. The Balaban J connectivity index is 1.23. The van der Waals surface area contributed by atoms with Gasteiger partial charge in [0.15, 0.2) is 11.7 Å². The number of nitrogens with one attached hydrogen (secondary N) is 1. The maximum absolute atomic E-state index is 13.7. The zero-order valence-corrected chi connectivity index (χ0v) is 18.5. The number of aryl methyl sites for hydroxylation is 1. The second kappa shape index (κ2) is 7.85. The lowest BCUT2D eigenvalue weighted by molar-refractivity contribution is -0.166. The van der Waals surface area contributed by atoms with Crippen LogP contribution in [0.2, 0.25) is 0 Å². The molecule has 1 aliphatic heterocycles. The van der Waals surface area contributed by atoms with Crippen LogP contribution in [-0.2, 0) is 19.1 Å². The number of ether oxygens (including phenoxy) is 1. The van der Waals surface area contributed by atoms with E-state index < -0.39 is 30.6 Å². The van der Waals surface area contributed by atoms with Crippen LogP contribution in [-0.4, -0.2) is 58.1 Å². The Morgan fingerprint density at radius 1 is 1.19 bits per heavy atom. The molecule has 1 unspecified atom stereocenters. The molecule has 1 saturated heterocycles. The Kier molecular flexibility index (Phi) is 5.29. The summed E-state index contributed by atoms with van der Waals surface area (Å²) in [7, 11) is 0. The van der Waals surface area contributed by atoms with Crippen LogP contribution in [0.15, 0.2) is 5.38 Å². The fourth-order valence-electron chi connectivity index (χ4n) is 6.74. The van der Waals surface area contributed by atoms with Gasteiger partial charge in [-0.05, 0) is 63.2 Å². The van der Waals surface area contributed by atoms with E-state index >= 15 is 0 Å². The average molecular weight is 448 g/mol. The van der Waals surface area contributed by atoms with Crippen molar-refractivity contribution < 1.29 is 24.2 Å². The molecule has 1 aromatic heterocycles. The molecule has 2 amide bonds. The number of aromatic nitrogens is 1. The number of anilines is 1. The summed E-state index contributed by atoms with van der Waals surface area (Å²) in [4.78, 5) is 44.2. The van der Waals surface area contributed by atoms with Crippen LogP contribution in [0.3, 0.4) is 0 Å². The number of hydrogen-bond acceptors (Lipinski definition) is 7. The smallest absolute Gasteiger partial charge is 0.329 e. The van der Waals surface area contributed by atoms with Crippen molar-refractivity contribution in [2.75, 3.05) is 18.5 Å². The molecule has 8 nitrogen and oxygen atoms in total. The molecule has 0 aromatic carbocycles. The normalized spacial score (nSPS) is 35.9. The van der Waals surface area contributed by atoms with Crippen molar-refractivity contribution in [1.29, 1.82) is 0 Å². The second-order valence-electron chi connectivity index (χ2n) is 10.0. The second-order valence-corrected chi connectivity index (χ2v) is 10.9. The topological polar surface area (TPSA) is 109 Å². The molecule has 4 bridgehead atoms. The molecule has 2 N–H and O–H groups in total. The van der Waals surface area contributed by atoms with E-state index in [0.717, 1.165) is 25.0 Å². The molecule has 31 heavy (non-hydrogen) atoms. The number of esters is 1. The van der Waals surface area contributed by atoms with Crippen LogP contribution in [0.1, 0.15) is 50.6 Å². The zero-order chi connectivity index (χ0) is 21.8. The van der Waals surface area contributed by atoms with Crippen molar-refractivity contribution >= 4 is 34.3 Å². The first-order chi connectivity index (χ1) is 14.8. The van der Waals surface area contributed by atoms with Crippen molar-refractivity contribution in [2.45, 2.75) is 64.0 Å². The fourth-order valence-corrected chi connectivity index (χ4v) is 7.44. The summed E-state index contributed by atoms with van der Waals surface area (Å²) < 4.78 is 5.24. The van der Waals surface area contributed by atoms with Gasteiger partial charge in [0.05, 0.1) is 17.2 Å². The summed E-state index contributed by atoms with van der Waals surface area (Å²) in [5, 5.41) is 15.1. The maximum Gasteiger partial charge on any atom is 0.329 e. The van der Waals surface area contributed by atoms with Gasteiger partial charge in [0.2, 0.25) is 5.91 Å². The van der Waals surface area contributed by atoms with Crippen LogP contribution in [0, 0.1) is 30.1 Å². The minimum atomic E-state index is -0.828. The molecule has 5 aliphatic rings. The van der Waals surface area contributed by atoms with E-state index in [0.29, 0.717) is 22.9 Å². The Labute approximate surface area is 185 Å². The van der Waals surface area contributed by atoms with E-state index in [1.807, 2.05) is 12.3 Å². The van der Waals surface area contributed by atoms with Gasteiger partial charge < -0.3 is 14.7 Å². The Morgan fingerprint density at radius 3 is 2.42 bits per heavy atom. The third kappa shape index (κ3) is 3.98. The average Bonchev–Trinajstić information content (AvgIpc) is 3.29. The van der Waals surface area contributed by atoms with Gasteiger partial charge in [-0.15, -0.1) is 11.3 Å². The lowest BCUT2D eigenvalue weighted by Gasteiger charge is -2.56. The van der Waals surface area contributed by atoms with Crippen LogP contribution in [0.25, 0.3) is 0 Å². The van der Waals surface area contributed by atoms with Crippen LogP contribution >= 0.6 is 11.3 Å². The number of β-amino-alcohol motifs (C(OH)–C–C–N with tert-alkyl or cyclic N) is 1. The number of aliphatic hydroxyl groups is 1. The van der Waals surface area contributed by atoms with Gasteiger partial charge in [-0.2, -0.15) is 0 Å². The SMILES string of the molecule is Cc1csc(NC(=O)COC(=O)[C@@H]2CC(O)CN2C(=O)C23CC4CC(CC(C4)C2)C3)n1. The molecule has 1 aromatic rings. The minimum Gasteiger partial charge on any atom is -0.454 e. The highest BCUT2D eigenvalue weighted by Crippen LogP contribution is 2.60. The van der Waals surface area contributed by atoms with E-state index in [4.69, 9.17) is 4.74 Å². The van der Waals surface area contributed by atoms with Crippen molar-refractivity contribution in [1.82, 2.24) is 9.88 Å². The molecular formula is C22H29N3O5S. The van der Waals surface area contributed by atoms with Crippen molar-refractivity contribution in [3.63, 3.8) is 0 Å². The largest absolute Gasteiger partial charge is 0.454 e.